The molecule has 0 spiro atoms. The maximum atomic E-state index is 12.2. The summed E-state index contributed by atoms with van der Waals surface area (Å²) in [6, 6.07) is 21.8. The van der Waals surface area contributed by atoms with E-state index < -0.39 is 7.92 Å². The van der Waals surface area contributed by atoms with Crippen LogP contribution in [0.5, 0.6) is 0 Å². The number of benzene rings is 2. The second-order valence-electron chi connectivity index (χ2n) is 6.88. The Morgan fingerprint density at radius 2 is 1.65 bits per heavy atom. The highest BCUT2D eigenvalue weighted by Gasteiger charge is 2.28. The van der Waals surface area contributed by atoms with Crippen molar-refractivity contribution in [3.05, 3.63) is 77.0 Å². The zero-order chi connectivity index (χ0) is 17.8. The zero-order valence-corrected chi connectivity index (χ0v) is 15.8. The van der Waals surface area contributed by atoms with E-state index in [0.717, 1.165) is 44.1 Å². The van der Waals surface area contributed by atoms with Crippen LogP contribution in [0.4, 0.5) is 0 Å². The number of fused-ring (bicyclic) bond motifs is 1. The molecule has 0 fully saturated rings. The van der Waals surface area contributed by atoms with Gasteiger partial charge in [0.15, 0.2) is 5.82 Å². The van der Waals surface area contributed by atoms with E-state index in [4.69, 9.17) is 4.52 Å². The molecule has 3 aromatic rings. The first-order valence-corrected chi connectivity index (χ1v) is 11.1. The van der Waals surface area contributed by atoms with Crippen LogP contribution < -0.4 is 16.4 Å². The molecule has 0 unspecified atom stereocenters. The third-order valence-electron chi connectivity index (χ3n) is 5.23. The van der Waals surface area contributed by atoms with Crippen LogP contribution in [0, 0.1) is 0 Å². The first kappa shape index (κ1) is 17.2. The molecule has 0 amide bonds. The Morgan fingerprint density at radius 3 is 2.31 bits per heavy atom. The summed E-state index contributed by atoms with van der Waals surface area (Å²) >= 11 is 0. The number of hydrogen-bond acceptors (Lipinski definition) is 3. The third kappa shape index (κ3) is 3.66. The number of aromatic nitrogens is 2. The van der Waals surface area contributed by atoms with Crippen LogP contribution in [-0.2, 0) is 6.42 Å². The van der Waals surface area contributed by atoms with Gasteiger partial charge in [-0.2, -0.15) is 0 Å². The van der Waals surface area contributed by atoms with E-state index in [9.17, 15) is 4.79 Å². The molecule has 0 bridgehead atoms. The highest BCUT2D eigenvalue weighted by atomic mass is 31.1. The van der Waals surface area contributed by atoms with Crippen LogP contribution >= 0.6 is 7.92 Å². The molecule has 26 heavy (non-hydrogen) atoms. The van der Waals surface area contributed by atoms with E-state index in [0.29, 0.717) is 0 Å². The molecule has 0 saturated carbocycles. The van der Waals surface area contributed by atoms with Crippen molar-refractivity contribution in [2.45, 2.75) is 38.1 Å². The van der Waals surface area contributed by atoms with Crippen molar-refractivity contribution in [3.8, 4) is 0 Å². The number of hydrogen-bond donors (Lipinski definition) is 0. The van der Waals surface area contributed by atoms with E-state index in [-0.39, 0.29) is 11.8 Å². The van der Waals surface area contributed by atoms with Crippen molar-refractivity contribution in [2.75, 3.05) is 6.16 Å². The van der Waals surface area contributed by atoms with Crippen LogP contribution in [0.2, 0.25) is 0 Å². The lowest BCUT2D eigenvalue weighted by atomic mass is 10.1. The fraction of sp³-hybridized carbons (Fsp3) is 0.333. The number of rotatable bonds is 5. The van der Waals surface area contributed by atoms with E-state index in [1.165, 1.54) is 10.6 Å². The van der Waals surface area contributed by atoms with Gasteiger partial charge in [-0.1, -0.05) is 48.0 Å². The SMILES string of the molecule is O=c1onc2n1[C@@H](CC[PH+](c1ccccc1)c1ccccc1)CCCC2. The molecule has 0 radical (unpaired) electrons. The Bertz CT molecular complexity index is 850. The van der Waals surface area contributed by atoms with E-state index >= 15 is 0 Å². The fourth-order valence-electron chi connectivity index (χ4n) is 3.92. The molecule has 5 heteroatoms. The summed E-state index contributed by atoms with van der Waals surface area (Å²) in [5.74, 6) is 0.533. The summed E-state index contributed by atoms with van der Waals surface area (Å²) in [6.45, 7) is 0. The molecule has 0 aliphatic carbocycles. The van der Waals surface area contributed by atoms with Crippen LogP contribution in [0.25, 0.3) is 0 Å². The largest absolute Gasteiger partial charge is 0.441 e. The van der Waals surface area contributed by atoms with E-state index in [1.807, 2.05) is 4.57 Å². The maximum Gasteiger partial charge on any atom is 0.441 e. The van der Waals surface area contributed by atoms with Gasteiger partial charge in [-0.25, -0.2) is 4.79 Å². The Labute approximate surface area is 154 Å². The molecule has 4 rings (SSSR count). The molecule has 0 N–H and O–H groups in total. The molecule has 0 saturated heterocycles. The second-order valence-corrected chi connectivity index (χ2v) is 9.50. The standard InChI is InChI=1S/C21H23N2O2P/c24-21-23-17(9-7-8-14-20(23)22-25-21)15-16-26(18-10-3-1-4-11-18)19-12-5-2-6-13-19/h1-6,10-13,17H,7-9,14-16H2/p+1/t17-/m1/s1. The normalized spacial score (nSPS) is 17.0. The van der Waals surface area contributed by atoms with Crippen molar-refractivity contribution in [1.29, 1.82) is 0 Å². The fourth-order valence-corrected chi connectivity index (χ4v) is 6.64. The molecule has 1 aromatic heterocycles. The van der Waals surface area contributed by atoms with Gasteiger partial charge in [-0.05, 0) is 37.1 Å². The quantitative estimate of drug-likeness (QED) is 0.650. The summed E-state index contributed by atoms with van der Waals surface area (Å²) in [7, 11) is -0.874. The van der Waals surface area contributed by atoms with Gasteiger partial charge in [0.2, 0.25) is 0 Å². The lowest BCUT2D eigenvalue weighted by Crippen LogP contribution is -2.24. The van der Waals surface area contributed by atoms with E-state index in [2.05, 4.69) is 65.8 Å². The smallest absolute Gasteiger partial charge is 0.296 e. The summed E-state index contributed by atoms with van der Waals surface area (Å²) in [5.41, 5.74) is 0. The minimum Gasteiger partial charge on any atom is -0.296 e. The predicted molar refractivity (Wildman–Crippen MR) is 107 cm³/mol. The monoisotopic (exact) mass is 367 g/mol. The summed E-state index contributed by atoms with van der Waals surface area (Å²) < 4.78 is 6.77. The Morgan fingerprint density at radius 1 is 1.00 bits per heavy atom. The highest BCUT2D eigenvalue weighted by Crippen LogP contribution is 2.37. The maximum absolute atomic E-state index is 12.2. The van der Waals surface area contributed by atoms with Gasteiger partial charge in [-0.15, -0.1) is 0 Å². The molecule has 1 aliphatic heterocycles. The minimum absolute atomic E-state index is 0.207. The third-order valence-corrected chi connectivity index (χ3v) is 8.08. The topological polar surface area (TPSA) is 48.0 Å². The number of nitrogens with zero attached hydrogens (tertiary/aromatic N) is 2. The van der Waals surface area contributed by atoms with Gasteiger partial charge in [0.05, 0.1) is 24.7 Å². The zero-order valence-electron chi connectivity index (χ0n) is 14.8. The predicted octanol–water partition coefficient (Wildman–Crippen LogP) is 3.36. The molecule has 1 aliphatic rings. The number of aryl methyl sites for hydroxylation is 1. The van der Waals surface area contributed by atoms with Crippen LogP contribution in [0.15, 0.2) is 70.0 Å². The Hall–Kier alpha value is -2.19. The average Bonchev–Trinajstić information content (AvgIpc) is 2.93. The van der Waals surface area contributed by atoms with Gasteiger partial charge in [0.1, 0.15) is 0 Å². The van der Waals surface area contributed by atoms with Gasteiger partial charge in [0.25, 0.3) is 0 Å². The summed E-state index contributed by atoms with van der Waals surface area (Å²) in [4.78, 5) is 12.2. The summed E-state index contributed by atoms with van der Waals surface area (Å²) in [5, 5.41) is 6.85. The van der Waals surface area contributed by atoms with Gasteiger partial charge in [-0.3, -0.25) is 9.09 Å². The van der Waals surface area contributed by atoms with Crippen molar-refractivity contribution in [3.63, 3.8) is 0 Å². The van der Waals surface area contributed by atoms with Crippen molar-refractivity contribution in [2.24, 2.45) is 0 Å². The second kappa shape index (κ2) is 8.01. The van der Waals surface area contributed by atoms with Crippen LogP contribution in [-0.4, -0.2) is 15.9 Å². The van der Waals surface area contributed by atoms with Crippen molar-refractivity contribution >= 4 is 18.5 Å². The van der Waals surface area contributed by atoms with Crippen molar-refractivity contribution in [1.82, 2.24) is 9.72 Å². The molecule has 4 nitrogen and oxygen atoms in total. The van der Waals surface area contributed by atoms with Crippen LogP contribution in [0.1, 0.15) is 37.5 Å². The Balaban J connectivity index is 1.59. The van der Waals surface area contributed by atoms with Gasteiger partial charge < -0.3 is 0 Å². The molecule has 134 valence electrons. The molecule has 2 aromatic carbocycles. The molecular formula is C21H24N2O2P+. The summed E-state index contributed by atoms with van der Waals surface area (Å²) in [6.07, 6.45) is 6.20. The first-order valence-electron chi connectivity index (χ1n) is 9.36. The first-order chi connectivity index (χ1) is 12.8. The van der Waals surface area contributed by atoms with Gasteiger partial charge in [0, 0.05) is 18.9 Å². The lowest BCUT2D eigenvalue weighted by Gasteiger charge is -2.17. The highest BCUT2D eigenvalue weighted by molar-refractivity contribution is 7.73. The molecule has 1 atom stereocenters. The van der Waals surface area contributed by atoms with E-state index in [1.54, 1.807) is 0 Å². The average molecular weight is 367 g/mol. The van der Waals surface area contributed by atoms with Crippen LogP contribution in [0.3, 0.4) is 0 Å². The minimum atomic E-state index is -0.874. The lowest BCUT2D eigenvalue weighted by molar-refractivity contribution is 0.350. The molecular weight excluding hydrogens is 343 g/mol. The Kier molecular flexibility index (Phi) is 5.31. The van der Waals surface area contributed by atoms with Gasteiger partial charge >= 0.3 is 5.76 Å². The van der Waals surface area contributed by atoms with Crippen molar-refractivity contribution < 1.29 is 4.52 Å². The molecule has 2 heterocycles.